The van der Waals surface area contributed by atoms with Crippen LogP contribution in [0.2, 0.25) is 0 Å². The van der Waals surface area contributed by atoms with Crippen molar-refractivity contribution in [3.63, 3.8) is 0 Å². The number of hydrogen-bond donors (Lipinski definition) is 1. The number of aromatic nitrogens is 2. The number of ether oxygens (including phenoxy) is 1. The zero-order chi connectivity index (χ0) is 24.2. The van der Waals surface area contributed by atoms with Crippen molar-refractivity contribution in [3.05, 3.63) is 106 Å². The molecule has 34 heavy (non-hydrogen) atoms. The highest BCUT2D eigenvalue weighted by molar-refractivity contribution is 6.08. The molecule has 0 aliphatic carbocycles. The summed E-state index contributed by atoms with van der Waals surface area (Å²) in [6.45, 7) is 2.55. The highest BCUT2D eigenvalue weighted by Crippen LogP contribution is 2.31. The standard InChI is InChI=1S/C28H30N4O2/c1-19(25(29)26-23-12-8-9-13-24(23)28(33)32(4)30-26)27(31(2)3)21-14-16-22(17-15-21)34-18-20-10-6-5-7-11-20/h5-17,19,27,29H,18H2,1-4H3/t19-,27-/m1/s1. The molecule has 0 fully saturated rings. The average Bonchev–Trinajstić information content (AvgIpc) is 2.86. The SMILES string of the molecule is C[C@H](C(=N)c1nn(C)c(=O)c2ccccc12)[C@H](c1ccc(OCc2ccccc2)cc1)N(C)C. The Morgan fingerprint density at radius 1 is 0.971 bits per heavy atom. The largest absolute Gasteiger partial charge is 0.489 e. The van der Waals surface area contributed by atoms with Crippen LogP contribution in [0.25, 0.3) is 10.8 Å². The van der Waals surface area contributed by atoms with Crippen LogP contribution in [0.1, 0.15) is 29.8 Å². The van der Waals surface area contributed by atoms with E-state index in [-0.39, 0.29) is 17.5 Å². The molecule has 2 atom stereocenters. The van der Waals surface area contributed by atoms with Crippen molar-refractivity contribution in [2.45, 2.75) is 19.6 Å². The Kier molecular flexibility index (Phi) is 6.89. The first-order valence-electron chi connectivity index (χ1n) is 11.3. The van der Waals surface area contributed by atoms with E-state index in [9.17, 15) is 4.79 Å². The topological polar surface area (TPSA) is 71.2 Å². The molecule has 0 radical (unpaired) electrons. The highest BCUT2D eigenvalue weighted by atomic mass is 16.5. The zero-order valence-electron chi connectivity index (χ0n) is 20.0. The number of rotatable bonds is 8. The van der Waals surface area contributed by atoms with Gasteiger partial charge in [0.1, 0.15) is 18.1 Å². The van der Waals surface area contributed by atoms with Crippen molar-refractivity contribution in [3.8, 4) is 5.75 Å². The van der Waals surface area contributed by atoms with Crippen LogP contribution < -0.4 is 10.3 Å². The van der Waals surface area contributed by atoms with Gasteiger partial charge in [-0.1, -0.05) is 67.6 Å². The zero-order valence-corrected chi connectivity index (χ0v) is 20.0. The predicted octanol–water partition coefficient (Wildman–Crippen LogP) is 4.82. The third kappa shape index (κ3) is 4.77. The van der Waals surface area contributed by atoms with Crippen LogP contribution in [0, 0.1) is 11.3 Å². The summed E-state index contributed by atoms with van der Waals surface area (Å²) < 4.78 is 7.26. The van der Waals surface area contributed by atoms with Crippen molar-refractivity contribution >= 4 is 16.5 Å². The van der Waals surface area contributed by atoms with Gasteiger partial charge in [0, 0.05) is 24.4 Å². The van der Waals surface area contributed by atoms with E-state index in [1.165, 1.54) is 4.68 Å². The monoisotopic (exact) mass is 454 g/mol. The maximum atomic E-state index is 12.5. The molecule has 6 heteroatoms. The lowest BCUT2D eigenvalue weighted by molar-refractivity contribution is 0.260. The Bertz CT molecular complexity index is 1340. The Morgan fingerprint density at radius 2 is 1.59 bits per heavy atom. The minimum Gasteiger partial charge on any atom is -0.489 e. The van der Waals surface area contributed by atoms with Crippen molar-refractivity contribution in [2.24, 2.45) is 13.0 Å². The molecule has 6 nitrogen and oxygen atoms in total. The van der Waals surface area contributed by atoms with Crippen molar-refractivity contribution in [1.82, 2.24) is 14.7 Å². The minimum absolute atomic E-state index is 0.0477. The smallest absolute Gasteiger partial charge is 0.274 e. The molecule has 0 saturated heterocycles. The third-order valence-electron chi connectivity index (χ3n) is 6.17. The fourth-order valence-corrected chi connectivity index (χ4v) is 4.41. The number of nitrogens with one attached hydrogen (secondary N) is 1. The van der Waals surface area contributed by atoms with Crippen LogP contribution >= 0.6 is 0 Å². The van der Waals surface area contributed by atoms with Crippen LogP contribution in [0.5, 0.6) is 5.75 Å². The fraction of sp³-hybridized carbons (Fsp3) is 0.250. The fourth-order valence-electron chi connectivity index (χ4n) is 4.41. The van der Waals surface area contributed by atoms with E-state index in [0.29, 0.717) is 28.8 Å². The molecule has 0 unspecified atom stereocenters. The maximum Gasteiger partial charge on any atom is 0.274 e. The molecule has 1 aromatic heterocycles. The van der Waals surface area contributed by atoms with Gasteiger partial charge >= 0.3 is 0 Å². The van der Waals surface area contributed by atoms with Gasteiger partial charge in [-0.3, -0.25) is 4.79 Å². The Balaban J connectivity index is 1.59. The Labute approximate surface area is 199 Å². The average molecular weight is 455 g/mol. The second kappa shape index (κ2) is 10.0. The van der Waals surface area contributed by atoms with E-state index in [4.69, 9.17) is 10.1 Å². The summed E-state index contributed by atoms with van der Waals surface area (Å²) in [5.41, 5.74) is 2.99. The van der Waals surface area contributed by atoms with Gasteiger partial charge in [0.05, 0.1) is 11.1 Å². The second-order valence-corrected chi connectivity index (χ2v) is 8.78. The molecule has 0 bridgehead atoms. The molecule has 0 aliphatic heterocycles. The number of fused-ring (bicyclic) bond motifs is 1. The van der Waals surface area contributed by atoms with Crippen LogP contribution in [-0.4, -0.2) is 34.5 Å². The molecule has 4 aromatic rings. The number of aryl methyl sites for hydroxylation is 1. The van der Waals surface area contributed by atoms with Gasteiger partial charge < -0.3 is 15.0 Å². The van der Waals surface area contributed by atoms with Gasteiger partial charge in [-0.25, -0.2) is 4.68 Å². The van der Waals surface area contributed by atoms with Crippen molar-refractivity contribution in [1.29, 1.82) is 5.41 Å². The Morgan fingerprint density at radius 3 is 2.24 bits per heavy atom. The molecular weight excluding hydrogens is 424 g/mol. The van der Waals surface area contributed by atoms with E-state index in [2.05, 4.69) is 22.1 Å². The van der Waals surface area contributed by atoms with Crippen LogP contribution in [0.3, 0.4) is 0 Å². The normalized spacial score (nSPS) is 13.1. The quantitative estimate of drug-likeness (QED) is 0.388. The summed E-state index contributed by atoms with van der Waals surface area (Å²) in [5, 5.41) is 14.8. The molecule has 1 N–H and O–H groups in total. The third-order valence-corrected chi connectivity index (χ3v) is 6.17. The first-order valence-corrected chi connectivity index (χ1v) is 11.3. The first kappa shape index (κ1) is 23.4. The molecule has 4 rings (SSSR count). The van der Waals surface area contributed by atoms with Crippen molar-refractivity contribution < 1.29 is 4.74 Å². The molecule has 0 saturated carbocycles. The highest BCUT2D eigenvalue weighted by Gasteiger charge is 2.28. The summed E-state index contributed by atoms with van der Waals surface area (Å²) in [6.07, 6.45) is 0. The molecule has 3 aromatic carbocycles. The van der Waals surface area contributed by atoms with Crippen molar-refractivity contribution in [2.75, 3.05) is 14.1 Å². The molecule has 0 amide bonds. The molecule has 174 valence electrons. The first-order chi connectivity index (χ1) is 16.4. The summed E-state index contributed by atoms with van der Waals surface area (Å²) in [7, 11) is 5.66. The lowest BCUT2D eigenvalue weighted by Gasteiger charge is -2.31. The molecule has 1 heterocycles. The van der Waals surface area contributed by atoms with Crippen LogP contribution in [-0.2, 0) is 13.7 Å². The number of benzene rings is 3. The van der Waals surface area contributed by atoms with Crippen LogP contribution in [0.4, 0.5) is 0 Å². The van der Waals surface area contributed by atoms with Gasteiger partial charge in [0.25, 0.3) is 5.56 Å². The summed E-state index contributed by atoms with van der Waals surface area (Å²) in [5.74, 6) is 0.637. The second-order valence-electron chi connectivity index (χ2n) is 8.78. The van der Waals surface area contributed by atoms with Crippen LogP contribution in [0.15, 0.2) is 83.7 Å². The molecular formula is C28H30N4O2. The number of hydrogen-bond acceptors (Lipinski definition) is 5. The van der Waals surface area contributed by atoms with E-state index >= 15 is 0 Å². The lowest BCUT2D eigenvalue weighted by Crippen LogP contribution is -2.32. The van der Waals surface area contributed by atoms with E-state index in [0.717, 1.165) is 16.9 Å². The van der Waals surface area contributed by atoms with E-state index in [1.807, 2.05) is 81.7 Å². The Hall–Kier alpha value is -3.77. The summed E-state index contributed by atoms with van der Waals surface area (Å²) in [4.78, 5) is 14.6. The predicted molar refractivity (Wildman–Crippen MR) is 137 cm³/mol. The van der Waals surface area contributed by atoms with Gasteiger partial charge in [0.2, 0.25) is 0 Å². The number of nitrogens with zero attached hydrogens (tertiary/aromatic N) is 3. The lowest BCUT2D eigenvalue weighted by atomic mass is 9.87. The van der Waals surface area contributed by atoms with E-state index < -0.39 is 0 Å². The molecule has 0 spiro atoms. The maximum absolute atomic E-state index is 12.5. The minimum atomic E-state index is -0.167. The molecule has 0 aliphatic rings. The van der Waals surface area contributed by atoms with Gasteiger partial charge in [-0.15, -0.1) is 0 Å². The van der Waals surface area contributed by atoms with Gasteiger partial charge in [-0.05, 0) is 43.4 Å². The van der Waals surface area contributed by atoms with Gasteiger partial charge in [-0.2, -0.15) is 5.10 Å². The summed E-state index contributed by atoms with van der Waals surface area (Å²) >= 11 is 0. The van der Waals surface area contributed by atoms with E-state index in [1.54, 1.807) is 13.1 Å². The van der Waals surface area contributed by atoms with Gasteiger partial charge in [0.15, 0.2) is 0 Å². The summed E-state index contributed by atoms with van der Waals surface area (Å²) in [6, 6.07) is 25.5.